The maximum atomic E-state index is 12.4. The van der Waals surface area contributed by atoms with Crippen LogP contribution in [0.3, 0.4) is 0 Å². The van der Waals surface area contributed by atoms with Gasteiger partial charge in [-0.3, -0.25) is 4.79 Å². The number of nitrogens with one attached hydrogen (secondary N) is 1. The van der Waals surface area contributed by atoms with Crippen LogP contribution in [0.5, 0.6) is 0 Å². The van der Waals surface area contributed by atoms with Crippen LogP contribution >= 0.6 is 0 Å². The maximum absolute atomic E-state index is 12.4. The van der Waals surface area contributed by atoms with Gasteiger partial charge in [0.25, 0.3) is 0 Å². The van der Waals surface area contributed by atoms with Gasteiger partial charge in [0.05, 0.1) is 12.5 Å². The average Bonchev–Trinajstić information content (AvgIpc) is 2.59. The van der Waals surface area contributed by atoms with Crippen LogP contribution in [0.4, 0.5) is 4.79 Å². The molecule has 1 saturated carbocycles. The Morgan fingerprint density at radius 3 is 2.69 bits per heavy atom. The van der Waals surface area contributed by atoms with Crippen LogP contribution in [0.2, 0.25) is 0 Å². The van der Waals surface area contributed by atoms with E-state index in [1.807, 2.05) is 31.2 Å². The maximum Gasteiger partial charge on any atom is 0.312 e. The molecule has 2 bridgehead atoms. The second-order valence-corrected chi connectivity index (χ2v) is 8.10. The van der Waals surface area contributed by atoms with Gasteiger partial charge in [0.15, 0.2) is 0 Å². The van der Waals surface area contributed by atoms with E-state index >= 15 is 0 Å². The zero-order valence-electron chi connectivity index (χ0n) is 15.7. The molecule has 1 aromatic rings. The molecule has 5 nitrogen and oxygen atoms in total. The first-order valence-electron chi connectivity index (χ1n) is 9.25. The van der Waals surface area contributed by atoms with Crippen molar-refractivity contribution in [1.82, 2.24) is 5.32 Å². The van der Waals surface area contributed by atoms with Crippen molar-refractivity contribution in [2.45, 2.75) is 46.1 Å². The van der Waals surface area contributed by atoms with E-state index < -0.39 is 12.1 Å². The number of carbonyl (C=O) groups is 2. The van der Waals surface area contributed by atoms with Crippen molar-refractivity contribution >= 4 is 12.0 Å². The Balaban J connectivity index is 1.61. The Hall–Kier alpha value is -2.30. The molecule has 0 aromatic heterocycles. The average molecular weight is 356 g/mol. The van der Waals surface area contributed by atoms with E-state index in [2.05, 4.69) is 25.2 Å². The molecule has 0 saturated heterocycles. The largest absolute Gasteiger partial charge is 0.461 e. The molecule has 5 heteroatoms. The summed E-state index contributed by atoms with van der Waals surface area (Å²) in [5, 5.41) is 2.66. The van der Waals surface area contributed by atoms with Gasteiger partial charge in [-0.15, -0.1) is 0 Å². The van der Waals surface area contributed by atoms with Crippen molar-refractivity contribution in [2.24, 2.45) is 23.0 Å². The Bertz CT molecular complexity index is 739. The number of amides is 2. The van der Waals surface area contributed by atoms with Crippen molar-refractivity contribution in [1.29, 1.82) is 0 Å². The third-order valence-corrected chi connectivity index (χ3v) is 6.23. The number of rotatable bonds is 6. The number of urea groups is 1. The molecule has 0 spiro atoms. The predicted molar refractivity (Wildman–Crippen MR) is 100 cm³/mol. The van der Waals surface area contributed by atoms with Crippen molar-refractivity contribution in [3.63, 3.8) is 0 Å². The number of fused-ring (bicyclic) bond motifs is 1. The van der Waals surface area contributed by atoms with Gasteiger partial charge in [-0.25, -0.2) is 4.79 Å². The van der Waals surface area contributed by atoms with E-state index in [0.29, 0.717) is 17.9 Å². The van der Waals surface area contributed by atoms with E-state index in [-0.39, 0.29) is 12.4 Å². The summed E-state index contributed by atoms with van der Waals surface area (Å²) in [5.41, 5.74) is 8.71. The van der Waals surface area contributed by atoms with Gasteiger partial charge < -0.3 is 15.8 Å². The van der Waals surface area contributed by atoms with Crippen LogP contribution in [0.1, 0.15) is 50.3 Å². The highest BCUT2D eigenvalue weighted by atomic mass is 16.5. The summed E-state index contributed by atoms with van der Waals surface area (Å²) in [6.07, 6.45) is 4.58. The van der Waals surface area contributed by atoms with Gasteiger partial charge in [-0.05, 0) is 53.7 Å². The number of carbonyl (C=O) groups excluding carboxylic acids is 2. The third-order valence-electron chi connectivity index (χ3n) is 6.23. The zero-order valence-corrected chi connectivity index (χ0v) is 15.7. The molecule has 0 heterocycles. The van der Waals surface area contributed by atoms with E-state index in [1.54, 1.807) is 0 Å². The molecule has 3 aliphatic carbocycles. The molecule has 3 N–H and O–H groups in total. The van der Waals surface area contributed by atoms with Gasteiger partial charge in [0, 0.05) is 0 Å². The molecule has 140 valence electrons. The molecular formula is C21H28N2O3. The Kier molecular flexibility index (Phi) is 5.08. The summed E-state index contributed by atoms with van der Waals surface area (Å²) in [4.78, 5) is 23.8. The van der Waals surface area contributed by atoms with Gasteiger partial charge in [-0.1, -0.05) is 44.2 Å². The third kappa shape index (κ3) is 3.62. The molecule has 2 amide bonds. The molecule has 1 fully saturated rings. The fourth-order valence-corrected chi connectivity index (χ4v) is 4.42. The Labute approximate surface area is 155 Å². The van der Waals surface area contributed by atoms with Crippen LogP contribution in [-0.4, -0.2) is 18.6 Å². The first-order chi connectivity index (χ1) is 12.3. The highest BCUT2D eigenvalue weighted by Gasteiger charge is 2.51. The lowest BCUT2D eigenvalue weighted by molar-refractivity contribution is -0.144. The molecule has 26 heavy (non-hydrogen) atoms. The number of primary amides is 1. The summed E-state index contributed by atoms with van der Waals surface area (Å²) < 4.78 is 5.54. The van der Waals surface area contributed by atoms with Crippen LogP contribution in [-0.2, 0) is 9.53 Å². The minimum absolute atomic E-state index is 0.0672. The normalized spacial score (nSPS) is 24.0. The molecule has 1 aromatic carbocycles. The lowest BCUT2D eigenvalue weighted by Crippen LogP contribution is -2.48. The van der Waals surface area contributed by atoms with Gasteiger partial charge in [0.2, 0.25) is 0 Å². The number of benzene rings is 1. The minimum Gasteiger partial charge on any atom is -0.461 e. The summed E-state index contributed by atoms with van der Waals surface area (Å²) in [7, 11) is 0. The van der Waals surface area contributed by atoms with Crippen molar-refractivity contribution < 1.29 is 14.3 Å². The monoisotopic (exact) mass is 356 g/mol. The molecule has 3 atom stereocenters. The number of nitrogens with two attached hydrogens (primary N) is 1. The first kappa shape index (κ1) is 18.5. The number of ether oxygens (including phenoxy) is 1. The van der Waals surface area contributed by atoms with Gasteiger partial charge in [-0.2, -0.15) is 0 Å². The highest BCUT2D eigenvalue weighted by Crippen LogP contribution is 2.59. The molecule has 3 aliphatic rings. The molecular weight excluding hydrogens is 328 g/mol. The quantitative estimate of drug-likeness (QED) is 0.603. The highest BCUT2D eigenvalue weighted by molar-refractivity contribution is 5.75. The number of allylic oxidation sites excluding steroid dienone is 1. The number of aryl methyl sites for hydroxylation is 1. The van der Waals surface area contributed by atoms with Crippen molar-refractivity contribution in [3.8, 4) is 0 Å². The van der Waals surface area contributed by atoms with Gasteiger partial charge in [0.1, 0.15) is 6.61 Å². The van der Waals surface area contributed by atoms with Crippen LogP contribution in [0.15, 0.2) is 35.9 Å². The Morgan fingerprint density at radius 2 is 2.08 bits per heavy atom. The van der Waals surface area contributed by atoms with E-state index in [4.69, 9.17) is 10.5 Å². The second-order valence-electron chi connectivity index (χ2n) is 8.10. The standard InChI is InChI=1S/C21H28N2O3/c1-13-6-4-5-7-16(13)18(23-20(22)25)11-19(24)26-12-14-8-9-15-10-17(14)21(15,2)3/h4-8,15,17-18H,9-12H2,1-3H3,(H3,22,23,25)/t15-,17-,18-/m0/s1. The molecule has 0 aliphatic heterocycles. The number of hydrogen-bond donors (Lipinski definition) is 2. The van der Waals surface area contributed by atoms with Crippen LogP contribution in [0.25, 0.3) is 0 Å². The fraction of sp³-hybridized carbons (Fsp3) is 0.524. The van der Waals surface area contributed by atoms with Crippen LogP contribution < -0.4 is 11.1 Å². The molecule has 4 rings (SSSR count). The number of esters is 1. The van der Waals surface area contributed by atoms with E-state index in [9.17, 15) is 9.59 Å². The lowest BCUT2D eigenvalue weighted by Gasteiger charge is -2.56. The Morgan fingerprint density at radius 1 is 1.35 bits per heavy atom. The van der Waals surface area contributed by atoms with Crippen molar-refractivity contribution in [3.05, 3.63) is 47.0 Å². The topological polar surface area (TPSA) is 81.4 Å². The second kappa shape index (κ2) is 7.14. The van der Waals surface area contributed by atoms with E-state index in [0.717, 1.165) is 23.5 Å². The summed E-state index contributed by atoms with van der Waals surface area (Å²) >= 11 is 0. The van der Waals surface area contributed by atoms with Gasteiger partial charge >= 0.3 is 12.0 Å². The summed E-state index contributed by atoms with van der Waals surface area (Å²) in [6.45, 7) is 6.88. The lowest BCUT2D eigenvalue weighted by atomic mass is 9.49. The fourth-order valence-electron chi connectivity index (χ4n) is 4.42. The van der Waals surface area contributed by atoms with Crippen LogP contribution in [0, 0.1) is 24.2 Å². The van der Waals surface area contributed by atoms with E-state index in [1.165, 1.54) is 12.0 Å². The molecule has 0 unspecified atom stereocenters. The minimum atomic E-state index is -0.650. The molecule has 0 radical (unpaired) electrons. The van der Waals surface area contributed by atoms with Crippen molar-refractivity contribution in [2.75, 3.05) is 6.61 Å². The summed E-state index contributed by atoms with van der Waals surface area (Å²) in [5.74, 6) is 0.953. The smallest absolute Gasteiger partial charge is 0.312 e. The predicted octanol–water partition coefficient (Wildman–Crippen LogP) is 3.63. The number of hydrogen-bond acceptors (Lipinski definition) is 3. The first-order valence-corrected chi connectivity index (χ1v) is 9.25. The zero-order chi connectivity index (χ0) is 18.9. The summed E-state index contributed by atoms with van der Waals surface area (Å²) in [6, 6.07) is 6.50. The SMILES string of the molecule is Cc1ccccc1[C@H](CC(=O)OCC1=CC[C@H]2C[C@@H]1C2(C)C)NC(N)=O.